The minimum atomic E-state index is 0.748. The summed E-state index contributed by atoms with van der Waals surface area (Å²) in [7, 11) is 0. The van der Waals surface area contributed by atoms with Crippen LogP contribution < -0.4 is 0 Å². The summed E-state index contributed by atoms with van der Waals surface area (Å²) >= 11 is 8.94. The first-order chi connectivity index (χ1) is 4.70. The van der Waals surface area contributed by atoms with Crippen LogP contribution in [0.4, 0.5) is 0 Å². The number of hydrogen-bond donors (Lipinski definition) is 0. The Bertz CT molecular complexity index is 238. The van der Waals surface area contributed by atoms with Gasteiger partial charge in [0.25, 0.3) is 0 Å². The molecule has 0 nitrogen and oxygen atoms in total. The van der Waals surface area contributed by atoms with Gasteiger partial charge in [-0.2, -0.15) is 0 Å². The standard InChI is InChI=1S/C8H6BrCl/c1-6(9)7-2-4-8(10)5-3-7/h2-5H,1H2. The molecule has 0 spiro atoms. The predicted molar refractivity (Wildman–Crippen MR) is 49.4 cm³/mol. The molecule has 0 unspecified atom stereocenters. The van der Waals surface area contributed by atoms with Gasteiger partial charge in [-0.25, -0.2) is 0 Å². The summed E-state index contributed by atoms with van der Waals surface area (Å²) in [6.45, 7) is 3.73. The van der Waals surface area contributed by atoms with Crippen molar-refractivity contribution in [3.8, 4) is 0 Å². The minimum Gasteiger partial charge on any atom is -0.0843 e. The highest BCUT2D eigenvalue weighted by Gasteiger charge is 1.92. The molecule has 0 N–H and O–H groups in total. The molecule has 1 rings (SSSR count). The Morgan fingerprint density at radius 2 is 1.80 bits per heavy atom. The molecule has 10 heavy (non-hydrogen) atoms. The molecule has 1 aromatic carbocycles. The fourth-order valence-electron chi connectivity index (χ4n) is 0.631. The van der Waals surface area contributed by atoms with Gasteiger partial charge in [0.05, 0.1) is 0 Å². The van der Waals surface area contributed by atoms with Gasteiger partial charge < -0.3 is 0 Å². The van der Waals surface area contributed by atoms with Gasteiger partial charge in [-0.3, -0.25) is 0 Å². The van der Waals surface area contributed by atoms with Crippen molar-refractivity contribution in [1.29, 1.82) is 0 Å². The molecule has 0 radical (unpaired) electrons. The topological polar surface area (TPSA) is 0 Å². The van der Waals surface area contributed by atoms with E-state index in [1.54, 1.807) is 0 Å². The van der Waals surface area contributed by atoms with E-state index in [-0.39, 0.29) is 0 Å². The van der Waals surface area contributed by atoms with Crippen LogP contribution in [0.15, 0.2) is 30.8 Å². The van der Waals surface area contributed by atoms with Crippen LogP contribution in [0, 0.1) is 0 Å². The normalized spacial score (nSPS) is 9.40. The first-order valence-corrected chi connectivity index (χ1v) is 3.97. The molecule has 0 heterocycles. The first kappa shape index (κ1) is 7.83. The van der Waals surface area contributed by atoms with E-state index >= 15 is 0 Å². The fraction of sp³-hybridized carbons (Fsp3) is 0. The number of benzene rings is 1. The molecule has 1 aromatic rings. The summed E-state index contributed by atoms with van der Waals surface area (Å²) < 4.78 is 0.879. The van der Waals surface area contributed by atoms with E-state index in [4.69, 9.17) is 11.6 Å². The molecule has 0 aliphatic heterocycles. The second kappa shape index (κ2) is 3.22. The molecular weight excluding hydrogens is 211 g/mol. The molecule has 0 amide bonds. The Labute approximate surface area is 73.6 Å². The van der Waals surface area contributed by atoms with Crippen molar-refractivity contribution < 1.29 is 0 Å². The number of rotatable bonds is 1. The van der Waals surface area contributed by atoms with E-state index in [0.717, 1.165) is 15.1 Å². The van der Waals surface area contributed by atoms with Gasteiger partial charge in [0.1, 0.15) is 0 Å². The summed E-state index contributed by atoms with van der Waals surface area (Å²) in [6, 6.07) is 7.51. The van der Waals surface area contributed by atoms with Crippen LogP contribution in [0.1, 0.15) is 5.56 Å². The van der Waals surface area contributed by atoms with Crippen LogP contribution in [-0.4, -0.2) is 0 Å². The largest absolute Gasteiger partial charge is 0.0843 e. The van der Waals surface area contributed by atoms with E-state index in [0.29, 0.717) is 0 Å². The molecule has 0 aliphatic carbocycles. The monoisotopic (exact) mass is 216 g/mol. The second-order valence-corrected chi connectivity index (χ2v) is 3.31. The van der Waals surface area contributed by atoms with Crippen molar-refractivity contribution in [3.05, 3.63) is 41.4 Å². The van der Waals surface area contributed by atoms with Gasteiger partial charge in [-0.05, 0) is 17.7 Å². The molecule has 0 aliphatic rings. The molecule has 0 fully saturated rings. The van der Waals surface area contributed by atoms with Gasteiger partial charge >= 0.3 is 0 Å². The lowest BCUT2D eigenvalue weighted by molar-refractivity contribution is 1.66. The molecule has 0 atom stereocenters. The maximum Gasteiger partial charge on any atom is 0.0406 e. The summed E-state index contributed by atoms with van der Waals surface area (Å²) in [5, 5.41) is 0.748. The summed E-state index contributed by atoms with van der Waals surface area (Å²) in [6.07, 6.45) is 0. The number of halogens is 2. The molecular formula is C8H6BrCl. The third-order valence-corrected chi connectivity index (χ3v) is 1.87. The Balaban J connectivity index is 3.00. The average molecular weight is 217 g/mol. The van der Waals surface area contributed by atoms with Gasteiger partial charge in [0, 0.05) is 9.51 Å². The third-order valence-electron chi connectivity index (χ3n) is 1.16. The molecule has 0 saturated carbocycles. The molecule has 0 aromatic heterocycles. The van der Waals surface area contributed by atoms with Crippen LogP contribution in [0.5, 0.6) is 0 Å². The fourth-order valence-corrected chi connectivity index (χ4v) is 1.02. The van der Waals surface area contributed by atoms with Crippen molar-refractivity contribution in [3.63, 3.8) is 0 Å². The summed E-state index contributed by atoms with van der Waals surface area (Å²) in [5.74, 6) is 0. The molecule has 52 valence electrons. The maximum atomic E-state index is 5.67. The first-order valence-electron chi connectivity index (χ1n) is 2.80. The highest BCUT2D eigenvalue weighted by atomic mass is 79.9. The lowest BCUT2D eigenvalue weighted by Crippen LogP contribution is -1.72. The van der Waals surface area contributed by atoms with E-state index in [9.17, 15) is 0 Å². The number of hydrogen-bond acceptors (Lipinski definition) is 0. The van der Waals surface area contributed by atoms with Crippen LogP contribution in [-0.2, 0) is 0 Å². The van der Waals surface area contributed by atoms with Crippen molar-refractivity contribution in [1.82, 2.24) is 0 Å². The Hall–Kier alpha value is -0.270. The molecule has 0 saturated heterocycles. The van der Waals surface area contributed by atoms with Gasteiger partial charge in [0.2, 0.25) is 0 Å². The Morgan fingerprint density at radius 3 is 2.20 bits per heavy atom. The third kappa shape index (κ3) is 1.86. The van der Waals surface area contributed by atoms with Crippen LogP contribution >= 0.6 is 27.5 Å². The minimum absolute atomic E-state index is 0.748. The highest BCUT2D eigenvalue weighted by molar-refractivity contribution is 9.15. The maximum absolute atomic E-state index is 5.67. The highest BCUT2D eigenvalue weighted by Crippen LogP contribution is 2.19. The summed E-state index contributed by atoms with van der Waals surface area (Å²) in [4.78, 5) is 0. The van der Waals surface area contributed by atoms with Crippen LogP contribution in [0.3, 0.4) is 0 Å². The van der Waals surface area contributed by atoms with Gasteiger partial charge in [0.15, 0.2) is 0 Å². The van der Waals surface area contributed by atoms with Crippen molar-refractivity contribution in [2.24, 2.45) is 0 Å². The van der Waals surface area contributed by atoms with Crippen LogP contribution in [0.25, 0.3) is 4.48 Å². The smallest absolute Gasteiger partial charge is 0.0406 e. The SMILES string of the molecule is C=C(Br)c1ccc(Cl)cc1. The van der Waals surface area contributed by atoms with Crippen molar-refractivity contribution in [2.75, 3.05) is 0 Å². The molecule has 2 heteroatoms. The zero-order valence-corrected chi connectivity index (χ0v) is 7.61. The average Bonchev–Trinajstić information content (AvgIpc) is 1.88. The van der Waals surface area contributed by atoms with Crippen LogP contribution in [0.2, 0.25) is 5.02 Å². The quantitative estimate of drug-likeness (QED) is 0.673. The molecule has 0 bridgehead atoms. The lowest BCUT2D eigenvalue weighted by atomic mass is 10.2. The van der Waals surface area contributed by atoms with E-state index in [1.807, 2.05) is 24.3 Å². The van der Waals surface area contributed by atoms with Gasteiger partial charge in [-0.1, -0.05) is 46.2 Å². The van der Waals surface area contributed by atoms with Crippen molar-refractivity contribution in [2.45, 2.75) is 0 Å². The summed E-state index contributed by atoms with van der Waals surface area (Å²) in [5.41, 5.74) is 1.06. The lowest BCUT2D eigenvalue weighted by Gasteiger charge is -1.95. The van der Waals surface area contributed by atoms with E-state index < -0.39 is 0 Å². The Kier molecular flexibility index (Phi) is 2.52. The second-order valence-electron chi connectivity index (χ2n) is 1.91. The zero-order valence-electron chi connectivity index (χ0n) is 5.27. The zero-order chi connectivity index (χ0) is 7.56. The van der Waals surface area contributed by atoms with Gasteiger partial charge in [-0.15, -0.1) is 0 Å². The Morgan fingerprint density at radius 1 is 1.30 bits per heavy atom. The predicted octanol–water partition coefficient (Wildman–Crippen LogP) is 3.71. The van der Waals surface area contributed by atoms with Crippen molar-refractivity contribution >= 4 is 32.0 Å². The van der Waals surface area contributed by atoms with E-state index in [2.05, 4.69) is 22.5 Å². The van der Waals surface area contributed by atoms with E-state index in [1.165, 1.54) is 0 Å².